The summed E-state index contributed by atoms with van der Waals surface area (Å²) in [7, 11) is -3.86. The van der Waals surface area contributed by atoms with Gasteiger partial charge < -0.3 is 5.32 Å². The lowest BCUT2D eigenvalue weighted by Crippen LogP contribution is -2.17. The van der Waals surface area contributed by atoms with Gasteiger partial charge in [0.05, 0.1) is 16.3 Å². The first-order chi connectivity index (χ1) is 14.7. The van der Waals surface area contributed by atoms with Gasteiger partial charge in [0.15, 0.2) is 0 Å². The van der Waals surface area contributed by atoms with Crippen LogP contribution in [0.15, 0.2) is 70.5 Å². The fraction of sp³-hybridized carbons (Fsp3) is 0.208. The largest absolute Gasteiger partial charge is 0.321 e. The Bertz CT molecular complexity index is 1220. The molecule has 5 nitrogen and oxygen atoms in total. The quantitative estimate of drug-likeness (QED) is 0.444. The summed E-state index contributed by atoms with van der Waals surface area (Å²) in [6.07, 6.45) is 0. The van der Waals surface area contributed by atoms with Crippen molar-refractivity contribution in [3.8, 4) is 0 Å². The molecule has 0 unspecified atom stereocenters. The highest BCUT2D eigenvalue weighted by Gasteiger charge is 2.20. The van der Waals surface area contributed by atoms with Crippen molar-refractivity contribution in [1.29, 1.82) is 0 Å². The Balaban J connectivity index is 1.90. The Morgan fingerprint density at radius 1 is 0.903 bits per heavy atom. The molecule has 162 valence electrons. The van der Waals surface area contributed by atoms with Gasteiger partial charge in [0.25, 0.3) is 15.9 Å². The van der Waals surface area contributed by atoms with Crippen LogP contribution in [-0.2, 0) is 10.0 Å². The fourth-order valence-corrected chi connectivity index (χ4v) is 5.37. The highest BCUT2D eigenvalue weighted by atomic mass is 32.2. The molecule has 0 radical (unpaired) electrons. The third kappa shape index (κ3) is 5.48. The van der Waals surface area contributed by atoms with Crippen molar-refractivity contribution in [2.24, 2.45) is 0 Å². The number of aryl methyl sites for hydroxylation is 3. The predicted molar refractivity (Wildman–Crippen MR) is 129 cm³/mol. The first-order valence-corrected chi connectivity index (χ1v) is 12.4. The summed E-state index contributed by atoms with van der Waals surface area (Å²) < 4.78 is 28.8. The zero-order valence-electron chi connectivity index (χ0n) is 18.0. The van der Waals surface area contributed by atoms with Gasteiger partial charge in [-0.3, -0.25) is 9.52 Å². The van der Waals surface area contributed by atoms with Gasteiger partial charge in [-0.25, -0.2) is 8.42 Å². The first-order valence-electron chi connectivity index (χ1n) is 9.95. The second-order valence-corrected chi connectivity index (χ2v) is 10.2. The van der Waals surface area contributed by atoms with Crippen LogP contribution < -0.4 is 10.0 Å². The number of benzene rings is 3. The summed E-state index contributed by atoms with van der Waals surface area (Å²) in [5.74, 6) is 0.524. The smallest absolute Gasteiger partial charge is 0.262 e. The van der Waals surface area contributed by atoms with Crippen molar-refractivity contribution >= 4 is 39.1 Å². The minimum absolute atomic E-state index is 0.0799. The van der Waals surface area contributed by atoms with E-state index >= 15 is 0 Å². The molecule has 0 atom stereocenters. The van der Waals surface area contributed by atoms with Gasteiger partial charge in [-0.15, -0.1) is 11.8 Å². The Kier molecular flexibility index (Phi) is 7.08. The van der Waals surface area contributed by atoms with Crippen molar-refractivity contribution in [2.75, 3.05) is 15.8 Å². The summed E-state index contributed by atoms with van der Waals surface area (Å²) in [6, 6.07) is 17.8. The molecule has 3 aromatic rings. The van der Waals surface area contributed by atoms with Crippen molar-refractivity contribution in [1.82, 2.24) is 0 Å². The first kappa shape index (κ1) is 22.9. The summed E-state index contributed by atoms with van der Waals surface area (Å²) in [5.41, 5.74) is 3.96. The third-order valence-electron chi connectivity index (χ3n) is 4.80. The molecular weight excluding hydrogens is 428 g/mol. The SMILES string of the molecule is CCSc1ccccc1NC(=O)c1ccc(C)c(S(=O)(=O)Nc2ccc(C)cc2C)c1. The molecule has 0 heterocycles. The summed E-state index contributed by atoms with van der Waals surface area (Å²) in [5, 5.41) is 2.90. The lowest BCUT2D eigenvalue weighted by atomic mass is 10.1. The van der Waals surface area contributed by atoms with E-state index in [2.05, 4.69) is 10.0 Å². The molecule has 31 heavy (non-hydrogen) atoms. The van der Waals surface area contributed by atoms with E-state index in [1.165, 1.54) is 6.07 Å². The number of carbonyl (C=O) groups excluding carboxylic acids is 1. The summed E-state index contributed by atoms with van der Waals surface area (Å²) in [6.45, 7) is 7.57. The van der Waals surface area contributed by atoms with E-state index in [1.54, 1.807) is 36.9 Å². The minimum atomic E-state index is -3.86. The maximum absolute atomic E-state index is 13.1. The standard InChI is InChI=1S/C24H26N2O3S2/c1-5-30-22-9-7-6-8-21(22)25-24(27)19-12-11-17(3)23(15-19)31(28,29)26-20-13-10-16(2)14-18(20)4/h6-15,26H,5H2,1-4H3,(H,25,27). The highest BCUT2D eigenvalue weighted by Crippen LogP contribution is 2.28. The molecule has 0 saturated carbocycles. The van der Waals surface area contributed by atoms with Crippen LogP contribution in [0.4, 0.5) is 11.4 Å². The Hall–Kier alpha value is -2.77. The topological polar surface area (TPSA) is 75.3 Å². The number of para-hydroxylation sites is 1. The van der Waals surface area contributed by atoms with E-state index in [4.69, 9.17) is 0 Å². The van der Waals surface area contributed by atoms with Crippen LogP contribution in [0.3, 0.4) is 0 Å². The average molecular weight is 455 g/mol. The lowest BCUT2D eigenvalue weighted by molar-refractivity contribution is 0.102. The van der Waals surface area contributed by atoms with Gasteiger partial charge in [-0.05, 0) is 68.0 Å². The molecule has 0 bridgehead atoms. The number of nitrogens with one attached hydrogen (secondary N) is 2. The molecule has 2 N–H and O–H groups in total. The van der Waals surface area contributed by atoms with Crippen LogP contribution in [0.25, 0.3) is 0 Å². The van der Waals surface area contributed by atoms with Crippen LogP contribution in [0.2, 0.25) is 0 Å². The lowest BCUT2D eigenvalue weighted by Gasteiger charge is -2.14. The molecule has 0 fully saturated rings. The number of anilines is 2. The number of thioether (sulfide) groups is 1. The van der Waals surface area contributed by atoms with Gasteiger partial charge in [0.1, 0.15) is 0 Å². The molecule has 0 aliphatic carbocycles. The van der Waals surface area contributed by atoms with Crippen LogP contribution in [-0.4, -0.2) is 20.1 Å². The van der Waals surface area contributed by atoms with Crippen LogP contribution >= 0.6 is 11.8 Å². The highest BCUT2D eigenvalue weighted by molar-refractivity contribution is 7.99. The minimum Gasteiger partial charge on any atom is -0.321 e. The van der Waals surface area contributed by atoms with Gasteiger partial charge in [0, 0.05) is 10.5 Å². The molecule has 3 rings (SSSR count). The molecule has 0 spiro atoms. The Morgan fingerprint density at radius 2 is 1.65 bits per heavy atom. The molecule has 0 aliphatic rings. The fourth-order valence-electron chi connectivity index (χ4n) is 3.20. The average Bonchev–Trinajstić information content (AvgIpc) is 2.72. The van der Waals surface area contributed by atoms with Crippen molar-refractivity contribution < 1.29 is 13.2 Å². The van der Waals surface area contributed by atoms with E-state index < -0.39 is 10.0 Å². The normalized spacial score (nSPS) is 11.2. The van der Waals surface area contributed by atoms with E-state index in [0.29, 0.717) is 16.9 Å². The van der Waals surface area contributed by atoms with Gasteiger partial charge in [0.2, 0.25) is 0 Å². The molecule has 0 aliphatic heterocycles. The van der Waals surface area contributed by atoms with Crippen molar-refractivity contribution in [2.45, 2.75) is 37.5 Å². The molecule has 0 aromatic heterocycles. The molecule has 0 saturated heterocycles. The third-order valence-corrected chi connectivity index (χ3v) is 7.26. The number of rotatable bonds is 7. The zero-order valence-corrected chi connectivity index (χ0v) is 19.7. The van der Waals surface area contributed by atoms with Crippen LogP contribution in [0.5, 0.6) is 0 Å². The van der Waals surface area contributed by atoms with Gasteiger partial charge >= 0.3 is 0 Å². The van der Waals surface area contributed by atoms with E-state index in [0.717, 1.165) is 21.8 Å². The second-order valence-electron chi connectivity index (χ2n) is 7.29. The zero-order chi connectivity index (χ0) is 22.6. The summed E-state index contributed by atoms with van der Waals surface area (Å²) in [4.78, 5) is 13.9. The molecule has 3 aromatic carbocycles. The van der Waals surface area contributed by atoms with Crippen LogP contribution in [0.1, 0.15) is 34.0 Å². The molecule has 7 heteroatoms. The number of hydrogen-bond acceptors (Lipinski definition) is 4. The predicted octanol–water partition coefficient (Wildman–Crippen LogP) is 5.78. The Morgan fingerprint density at radius 3 is 2.35 bits per heavy atom. The van der Waals surface area contributed by atoms with E-state index in [9.17, 15) is 13.2 Å². The van der Waals surface area contributed by atoms with Crippen LogP contribution in [0, 0.1) is 20.8 Å². The number of hydrogen-bond donors (Lipinski definition) is 2. The number of carbonyl (C=O) groups is 1. The van der Waals surface area contributed by atoms with Crippen molar-refractivity contribution in [3.63, 3.8) is 0 Å². The van der Waals surface area contributed by atoms with Gasteiger partial charge in [-0.1, -0.05) is 42.8 Å². The van der Waals surface area contributed by atoms with E-state index in [-0.39, 0.29) is 16.4 Å². The van der Waals surface area contributed by atoms with E-state index in [1.807, 2.05) is 57.2 Å². The molecule has 1 amide bonds. The van der Waals surface area contributed by atoms with Gasteiger partial charge in [-0.2, -0.15) is 0 Å². The summed E-state index contributed by atoms with van der Waals surface area (Å²) >= 11 is 1.63. The maximum Gasteiger partial charge on any atom is 0.262 e. The number of amides is 1. The Labute approximate surface area is 188 Å². The number of sulfonamides is 1. The van der Waals surface area contributed by atoms with Crippen molar-refractivity contribution in [3.05, 3.63) is 82.9 Å². The monoisotopic (exact) mass is 454 g/mol. The molecular formula is C24H26N2O3S2. The second kappa shape index (κ2) is 9.58. The maximum atomic E-state index is 13.1.